The van der Waals surface area contributed by atoms with Gasteiger partial charge in [0.15, 0.2) is 0 Å². The smallest absolute Gasteiger partial charge is 0.328 e. The predicted molar refractivity (Wildman–Crippen MR) is 110 cm³/mol. The van der Waals surface area contributed by atoms with E-state index in [0.29, 0.717) is 12.5 Å². The number of rotatable bonds is 7. The number of hydrogen-bond acceptors (Lipinski definition) is 2. The Balaban J connectivity index is 1.64. The van der Waals surface area contributed by atoms with Crippen LogP contribution in [0.25, 0.3) is 17.0 Å². The predicted octanol–water partition coefficient (Wildman–Crippen LogP) is 5.34. The highest BCUT2D eigenvalue weighted by Gasteiger charge is 2.22. The van der Waals surface area contributed by atoms with Gasteiger partial charge < -0.3 is 14.4 Å². The molecule has 1 heterocycles. The Hall–Kier alpha value is -2.53. The van der Waals surface area contributed by atoms with Crippen molar-refractivity contribution in [1.82, 2.24) is 4.57 Å². The molecule has 5 heteroatoms. The Morgan fingerprint density at radius 2 is 2.11 bits per heavy atom. The molecule has 1 N–H and O–H groups in total. The van der Waals surface area contributed by atoms with E-state index in [0.717, 1.165) is 38.9 Å². The molecular formula is C22H20BrNO3. The number of ether oxygens (including phenoxy) is 1. The van der Waals surface area contributed by atoms with Crippen LogP contribution in [0.1, 0.15) is 24.0 Å². The third-order valence-corrected chi connectivity index (χ3v) is 5.28. The maximum Gasteiger partial charge on any atom is 0.328 e. The summed E-state index contributed by atoms with van der Waals surface area (Å²) in [6.07, 6.45) is 7.37. The number of aliphatic carboxylic acids is 1. The lowest BCUT2D eigenvalue weighted by atomic mass is 10.1. The number of fused-ring (bicyclic) bond motifs is 1. The lowest BCUT2D eigenvalue weighted by Gasteiger charge is -2.13. The molecule has 3 aromatic rings. The maximum atomic E-state index is 10.8. The second-order valence-corrected chi connectivity index (χ2v) is 7.82. The zero-order valence-electron chi connectivity index (χ0n) is 14.8. The van der Waals surface area contributed by atoms with Gasteiger partial charge in [-0.3, -0.25) is 0 Å². The van der Waals surface area contributed by atoms with E-state index >= 15 is 0 Å². The summed E-state index contributed by atoms with van der Waals surface area (Å²) in [7, 11) is 0. The minimum atomic E-state index is -0.946. The van der Waals surface area contributed by atoms with Gasteiger partial charge >= 0.3 is 5.97 Å². The van der Waals surface area contributed by atoms with Crippen LogP contribution < -0.4 is 4.74 Å². The molecule has 1 saturated carbocycles. The summed E-state index contributed by atoms with van der Waals surface area (Å²) in [6.45, 7) is 1.47. The van der Waals surface area contributed by atoms with E-state index in [1.807, 2.05) is 36.5 Å². The van der Waals surface area contributed by atoms with Gasteiger partial charge in [-0.1, -0.05) is 28.1 Å². The molecule has 1 aliphatic rings. The molecule has 138 valence electrons. The quantitative estimate of drug-likeness (QED) is 0.519. The third-order valence-electron chi connectivity index (χ3n) is 4.79. The molecule has 1 fully saturated rings. The van der Waals surface area contributed by atoms with E-state index in [9.17, 15) is 4.79 Å². The number of hydrogen-bond donors (Lipinski definition) is 1. The van der Waals surface area contributed by atoms with E-state index in [4.69, 9.17) is 9.84 Å². The van der Waals surface area contributed by atoms with Gasteiger partial charge in [0.25, 0.3) is 0 Å². The molecule has 0 aliphatic heterocycles. The molecule has 0 amide bonds. The molecule has 0 spiro atoms. The standard InChI is InChI=1S/C22H20BrNO3/c23-18-7-8-21(27-14-15-4-5-15)17(12-18)13-24-11-10-19-16(6-9-22(25)26)2-1-3-20(19)24/h1-3,6-12,15H,4-5,13-14H2,(H,25,26). The summed E-state index contributed by atoms with van der Waals surface area (Å²) in [4.78, 5) is 10.8. The Kier molecular flexibility index (Phi) is 5.03. The Bertz CT molecular complexity index is 1020. The minimum absolute atomic E-state index is 0.690. The van der Waals surface area contributed by atoms with E-state index in [-0.39, 0.29) is 0 Å². The van der Waals surface area contributed by atoms with Crippen molar-refractivity contribution in [3.05, 3.63) is 70.3 Å². The topological polar surface area (TPSA) is 51.5 Å². The lowest BCUT2D eigenvalue weighted by Crippen LogP contribution is -2.05. The van der Waals surface area contributed by atoms with E-state index < -0.39 is 5.97 Å². The van der Waals surface area contributed by atoms with Crippen molar-refractivity contribution in [1.29, 1.82) is 0 Å². The molecule has 1 aliphatic carbocycles. The number of carboxylic acid groups (broad SMARTS) is 1. The largest absolute Gasteiger partial charge is 0.493 e. The normalized spacial score (nSPS) is 14.1. The zero-order chi connectivity index (χ0) is 18.8. The fraction of sp³-hybridized carbons (Fsp3) is 0.227. The molecule has 0 unspecified atom stereocenters. The summed E-state index contributed by atoms with van der Waals surface area (Å²) in [5, 5.41) is 9.92. The fourth-order valence-corrected chi connectivity index (χ4v) is 3.59. The highest BCUT2D eigenvalue weighted by atomic mass is 79.9. The van der Waals surface area contributed by atoms with Crippen LogP contribution in [0.5, 0.6) is 5.75 Å². The van der Waals surface area contributed by atoms with E-state index in [2.05, 4.69) is 32.6 Å². The molecule has 0 saturated heterocycles. The summed E-state index contributed by atoms with van der Waals surface area (Å²) >= 11 is 3.56. The first-order chi connectivity index (χ1) is 13.1. The first-order valence-electron chi connectivity index (χ1n) is 9.00. The van der Waals surface area contributed by atoms with Crippen LogP contribution >= 0.6 is 15.9 Å². The number of halogens is 1. The van der Waals surface area contributed by atoms with Crippen molar-refractivity contribution >= 4 is 38.9 Å². The second kappa shape index (κ2) is 7.61. The highest BCUT2D eigenvalue weighted by Crippen LogP contribution is 2.32. The summed E-state index contributed by atoms with van der Waals surface area (Å²) in [5.41, 5.74) is 3.08. The first-order valence-corrected chi connectivity index (χ1v) is 9.79. The fourth-order valence-electron chi connectivity index (χ4n) is 3.18. The van der Waals surface area contributed by atoms with Crippen molar-refractivity contribution in [3.8, 4) is 5.75 Å². The van der Waals surface area contributed by atoms with E-state index in [1.165, 1.54) is 18.9 Å². The average molecular weight is 426 g/mol. The number of carboxylic acids is 1. The Morgan fingerprint density at radius 1 is 1.26 bits per heavy atom. The minimum Gasteiger partial charge on any atom is -0.493 e. The monoisotopic (exact) mass is 425 g/mol. The van der Waals surface area contributed by atoms with Crippen molar-refractivity contribution in [2.45, 2.75) is 19.4 Å². The summed E-state index contributed by atoms with van der Waals surface area (Å²) < 4.78 is 9.25. The molecule has 0 bridgehead atoms. The van der Waals surface area contributed by atoms with Crippen molar-refractivity contribution in [3.63, 3.8) is 0 Å². The number of carbonyl (C=O) groups is 1. The molecule has 0 atom stereocenters. The zero-order valence-corrected chi connectivity index (χ0v) is 16.4. The molecule has 4 rings (SSSR count). The van der Waals surface area contributed by atoms with Gasteiger partial charge in [0.2, 0.25) is 0 Å². The van der Waals surface area contributed by atoms with Crippen LogP contribution in [0, 0.1) is 5.92 Å². The van der Waals surface area contributed by atoms with E-state index in [1.54, 1.807) is 6.08 Å². The number of aromatic nitrogens is 1. The van der Waals surface area contributed by atoms with Crippen LogP contribution in [-0.2, 0) is 11.3 Å². The van der Waals surface area contributed by atoms with Crippen LogP contribution in [0.4, 0.5) is 0 Å². The maximum absolute atomic E-state index is 10.8. The Labute approximate surface area is 166 Å². The van der Waals surface area contributed by atoms with Crippen molar-refractivity contribution in [2.24, 2.45) is 5.92 Å². The van der Waals surface area contributed by atoms with Gasteiger partial charge in [0, 0.05) is 33.2 Å². The highest BCUT2D eigenvalue weighted by molar-refractivity contribution is 9.10. The van der Waals surface area contributed by atoms with Gasteiger partial charge in [-0.2, -0.15) is 0 Å². The van der Waals surface area contributed by atoms with Gasteiger partial charge in [-0.15, -0.1) is 0 Å². The summed E-state index contributed by atoms with van der Waals surface area (Å²) in [6, 6.07) is 14.1. The Morgan fingerprint density at radius 3 is 2.89 bits per heavy atom. The van der Waals surface area contributed by atoms with Crippen LogP contribution in [0.15, 0.2) is 59.2 Å². The SMILES string of the molecule is O=C(O)C=Cc1cccc2c1ccn2Cc1cc(Br)ccc1OCC1CC1. The number of nitrogens with zero attached hydrogens (tertiary/aromatic N) is 1. The average Bonchev–Trinajstić information content (AvgIpc) is 3.39. The number of benzene rings is 2. The van der Waals surface area contributed by atoms with Gasteiger partial charge in [-0.25, -0.2) is 4.79 Å². The third kappa shape index (κ3) is 4.25. The second-order valence-electron chi connectivity index (χ2n) is 6.90. The molecule has 0 radical (unpaired) electrons. The van der Waals surface area contributed by atoms with Crippen molar-refractivity contribution < 1.29 is 14.6 Å². The molecular weight excluding hydrogens is 406 g/mol. The van der Waals surface area contributed by atoms with Crippen molar-refractivity contribution in [2.75, 3.05) is 6.61 Å². The van der Waals surface area contributed by atoms with Crippen LogP contribution in [0.3, 0.4) is 0 Å². The van der Waals surface area contributed by atoms with Gasteiger partial charge in [0.05, 0.1) is 13.2 Å². The molecule has 4 nitrogen and oxygen atoms in total. The molecule has 1 aromatic heterocycles. The van der Waals surface area contributed by atoms with Crippen LogP contribution in [0.2, 0.25) is 0 Å². The molecule has 27 heavy (non-hydrogen) atoms. The summed E-state index contributed by atoms with van der Waals surface area (Å²) in [5.74, 6) is 0.685. The molecule has 2 aromatic carbocycles. The lowest BCUT2D eigenvalue weighted by molar-refractivity contribution is -0.131. The van der Waals surface area contributed by atoms with Gasteiger partial charge in [0.1, 0.15) is 5.75 Å². The van der Waals surface area contributed by atoms with Gasteiger partial charge in [-0.05, 0) is 60.7 Å². The van der Waals surface area contributed by atoms with Crippen LogP contribution in [-0.4, -0.2) is 22.2 Å². The first kappa shape index (κ1) is 17.9.